The number of carbonyl (C=O) groups excluding carboxylic acids is 1. The first kappa shape index (κ1) is 61.6. The van der Waals surface area contributed by atoms with E-state index in [-0.39, 0.29) is 19.6 Å². The molecule has 1 fully saturated rings. The quantitative estimate of drug-likeness (QED) is 0.0197. The Balaban J connectivity index is 2.34. The van der Waals surface area contributed by atoms with Crippen molar-refractivity contribution < 1.29 is 56.2 Å². The molecule has 13 heteroatoms. The fraction of sp³-hybridized carbons (Fsp3) is 0.904. The first-order valence-corrected chi connectivity index (χ1v) is 28.0. The van der Waals surface area contributed by atoms with Crippen LogP contribution in [-0.4, -0.2) is 97.5 Å². The first-order chi connectivity index (χ1) is 31.6. The predicted octanol–water partition coefficient (Wildman–Crippen LogP) is 12.4. The van der Waals surface area contributed by atoms with E-state index < -0.39 is 59.8 Å². The molecular weight excluding hydrogens is 849 g/mol. The number of carbonyl (C=O) groups is 1. The molecule has 0 aromatic rings. The molecule has 1 aliphatic rings. The van der Waals surface area contributed by atoms with Gasteiger partial charge in [0.1, 0.15) is 30.5 Å². The van der Waals surface area contributed by atoms with E-state index >= 15 is 0 Å². The molecule has 0 spiro atoms. The minimum absolute atomic E-state index is 0.0383. The molecular formula is C52H98O12S. The predicted molar refractivity (Wildman–Crippen MR) is 262 cm³/mol. The van der Waals surface area contributed by atoms with Crippen molar-refractivity contribution in [2.75, 3.05) is 26.4 Å². The maximum Gasteiger partial charge on any atom is 0.397 e. The van der Waals surface area contributed by atoms with E-state index in [0.717, 1.165) is 44.9 Å². The molecule has 0 amide bonds. The van der Waals surface area contributed by atoms with E-state index in [1.807, 2.05) is 0 Å². The molecule has 0 aromatic heterocycles. The summed E-state index contributed by atoms with van der Waals surface area (Å²) in [5.74, 6) is -0.395. The number of rotatable bonds is 47. The van der Waals surface area contributed by atoms with Gasteiger partial charge in [-0.25, -0.2) is 4.18 Å². The van der Waals surface area contributed by atoms with Gasteiger partial charge in [-0.2, -0.15) is 8.42 Å². The number of hydrogen-bond acceptors (Lipinski definition) is 11. The molecule has 1 rings (SSSR count). The number of allylic oxidation sites excluding steroid dienone is 4. The highest BCUT2D eigenvalue weighted by atomic mass is 32.3. The molecule has 0 bridgehead atoms. The van der Waals surface area contributed by atoms with E-state index in [4.69, 9.17) is 18.9 Å². The van der Waals surface area contributed by atoms with Crippen LogP contribution >= 0.6 is 0 Å². The summed E-state index contributed by atoms with van der Waals surface area (Å²) in [5.41, 5.74) is 0. The summed E-state index contributed by atoms with van der Waals surface area (Å²) in [7, 11) is -5.06. The van der Waals surface area contributed by atoms with Crippen molar-refractivity contribution in [3.63, 3.8) is 0 Å². The third-order valence-corrected chi connectivity index (χ3v) is 12.8. The van der Waals surface area contributed by atoms with Crippen molar-refractivity contribution in [3.05, 3.63) is 24.3 Å². The largest absolute Gasteiger partial charge is 0.457 e. The summed E-state index contributed by atoms with van der Waals surface area (Å²) in [5, 5.41) is 30.8. The standard InChI is InChI=1S/C52H98O12S/c1-3-5-7-9-11-13-15-17-19-21-23-24-26-28-30-32-34-36-38-40-42-60-44-46(45-61-52-50(56)51(64-65(57,58)59)49(55)47(43-53)63-52)62-48(54)41-39-37-35-33-31-29-27-25-22-20-18-16-14-12-10-8-6-4-2/h11,13,17,19,46-47,49-53,55-56H,3-10,12,14-16,18,20-45H2,1-2H3,(H,57,58,59)/b13-11-,19-17-. The maximum absolute atomic E-state index is 12.9. The summed E-state index contributed by atoms with van der Waals surface area (Å²) >= 11 is 0. The molecule has 65 heavy (non-hydrogen) atoms. The average molecular weight is 947 g/mol. The van der Waals surface area contributed by atoms with Gasteiger partial charge in [-0.05, 0) is 44.9 Å². The molecule has 1 heterocycles. The Morgan fingerprint density at radius 3 is 1.49 bits per heavy atom. The minimum Gasteiger partial charge on any atom is -0.457 e. The molecule has 384 valence electrons. The summed E-state index contributed by atoms with van der Waals surface area (Å²) in [6, 6.07) is 0. The summed E-state index contributed by atoms with van der Waals surface area (Å²) in [6.07, 6.45) is 42.0. The van der Waals surface area contributed by atoms with E-state index in [2.05, 4.69) is 42.3 Å². The topological polar surface area (TPSA) is 178 Å². The van der Waals surface area contributed by atoms with Gasteiger partial charge in [0.05, 0.1) is 19.8 Å². The van der Waals surface area contributed by atoms with Crippen LogP contribution in [0, 0.1) is 0 Å². The van der Waals surface area contributed by atoms with Crippen molar-refractivity contribution in [1.82, 2.24) is 0 Å². The van der Waals surface area contributed by atoms with Crippen molar-refractivity contribution in [2.45, 2.75) is 275 Å². The highest BCUT2D eigenvalue weighted by Crippen LogP contribution is 2.26. The lowest BCUT2D eigenvalue weighted by Gasteiger charge is -2.41. The lowest BCUT2D eigenvalue weighted by atomic mass is 9.99. The van der Waals surface area contributed by atoms with Crippen LogP contribution < -0.4 is 0 Å². The normalized spacial score (nSPS) is 19.8. The summed E-state index contributed by atoms with van der Waals surface area (Å²) in [6.45, 7) is 4.01. The second-order valence-corrected chi connectivity index (χ2v) is 19.5. The highest BCUT2D eigenvalue weighted by Gasteiger charge is 2.48. The van der Waals surface area contributed by atoms with Crippen LogP contribution in [0.25, 0.3) is 0 Å². The SMILES string of the molecule is CCCCC/C=C\C/C=C\CCCCCCCCCCCCOCC(COC1OC(CO)C(O)C(OS(=O)(=O)O)C1O)OC(=O)CCCCCCCCCCCCCCCCCCCC. The summed E-state index contributed by atoms with van der Waals surface area (Å²) < 4.78 is 59.3. The van der Waals surface area contributed by atoms with Crippen molar-refractivity contribution in [3.8, 4) is 0 Å². The molecule has 0 radical (unpaired) electrons. The molecule has 12 nitrogen and oxygen atoms in total. The van der Waals surface area contributed by atoms with Crippen LogP contribution in [0.15, 0.2) is 24.3 Å². The van der Waals surface area contributed by atoms with Gasteiger partial charge >= 0.3 is 16.4 Å². The number of unbranched alkanes of at least 4 members (excludes halogenated alkanes) is 30. The van der Waals surface area contributed by atoms with Crippen molar-refractivity contribution in [2.24, 2.45) is 0 Å². The van der Waals surface area contributed by atoms with Gasteiger partial charge < -0.3 is 34.3 Å². The van der Waals surface area contributed by atoms with E-state index in [1.165, 1.54) is 167 Å². The van der Waals surface area contributed by atoms with Crippen LogP contribution in [0.1, 0.15) is 239 Å². The average Bonchev–Trinajstić information content (AvgIpc) is 3.28. The third-order valence-electron chi connectivity index (χ3n) is 12.3. The lowest BCUT2D eigenvalue weighted by molar-refractivity contribution is -0.301. The lowest BCUT2D eigenvalue weighted by Crippen LogP contribution is -2.60. The molecule has 0 aromatic carbocycles. The number of esters is 1. The number of aliphatic hydroxyl groups excluding tert-OH is 3. The van der Waals surface area contributed by atoms with Gasteiger partial charge in [0, 0.05) is 13.0 Å². The molecule has 1 aliphatic heterocycles. The van der Waals surface area contributed by atoms with E-state index in [0.29, 0.717) is 13.0 Å². The van der Waals surface area contributed by atoms with Gasteiger partial charge in [-0.1, -0.05) is 212 Å². The van der Waals surface area contributed by atoms with Crippen LogP contribution in [-0.2, 0) is 38.3 Å². The monoisotopic (exact) mass is 947 g/mol. The second-order valence-electron chi connectivity index (χ2n) is 18.5. The molecule has 1 saturated heterocycles. The van der Waals surface area contributed by atoms with Gasteiger partial charge in [-0.15, -0.1) is 0 Å². The fourth-order valence-electron chi connectivity index (χ4n) is 8.29. The minimum atomic E-state index is -5.06. The zero-order valence-electron chi connectivity index (χ0n) is 41.3. The molecule has 4 N–H and O–H groups in total. The van der Waals surface area contributed by atoms with Crippen LogP contribution in [0.4, 0.5) is 0 Å². The van der Waals surface area contributed by atoms with Gasteiger partial charge in [-0.3, -0.25) is 9.35 Å². The van der Waals surface area contributed by atoms with Crippen molar-refractivity contribution >= 4 is 16.4 Å². The zero-order chi connectivity index (χ0) is 47.5. The Kier molecular flexibility index (Phi) is 41.5. The van der Waals surface area contributed by atoms with Crippen LogP contribution in [0.3, 0.4) is 0 Å². The first-order valence-electron chi connectivity index (χ1n) is 26.6. The third kappa shape index (κ3) is 37.2. The number of ether oxygens (including phenoxy) is 4. The highest BCUT2D eigenvalue weighted by molar-refractivity contribution is 7.80. The smallest absolute Gasteiger partial charge is 0.397 e. The van der Waals surface area contributed by atoms with Gasteiger partial charge in [0.25, 0.3) is 0 Å². The Morgan fingerprint density at radius 1 is 0.585 bits per heavy atom. The molecule has 0 aliphatic carbocycles. The Bertz CT molecular complexity index is 1230. The zero-order valence-corrected chi connectivity index (χ0v) is 42.1. The van der Waals surface area contributed by atoms with E-state index in [1.54, 1.807) is 0 Å². The Hall–Kier alpha value is -1.42. The summed E-state index contributed by atoms with van der Waals surface area (Å²) in [4.78, 5) is 12.9. The van der Waals surface area contributed by atoms with Crippen molar-refractivity contribution in [1.29, 1.82) is 0 Å². The van der Waals surface area contributed by atoms with Crippen LogP contribution in [0.2, 0.25) is 0 Å². The van der Waals surface area contributed by atoms with Crippen LogP contribution in [0.5, 0.6) is 0 Å². The Morgan fingerprint density at radius 2 is 1.02 bits per heavy atom. The molecule has 6 unspecified atom stereocenters. The molecule has 0 saturated carbocycles. The maximum atomic E-state index is 12.9. The fourth-order valence-corrected chi connectivity index (χ4v) is 8.80. The van der Waals surface area contributed by atoms with Gasteiger partial charge in [0.2, 0.25) is 0 Å². The van der Waals surface area contributed by atoms with Gasteiger partial charge in [0.15, 0.2) is 6.29 Å². The second kappa shape index (κ2) is 43.8. The Labute approximate surface area is 397 Å². The molecule has 6 atom stereocenters. The number of hydrogen-bond donors (Lipinski definition) is 4. The van der Waals surface area contributed by atoms with E-state index in [9.17, 15) is 33.1 Å². The number of aliphatic hydroxyl groups is 3.